The number of aromatic amines is 1. The Bertz CT molecular complexity index is 957. The van der Waals surface area contributed by atoms with Crippen molar-refractivity contribution < 1.29 is 13.6 Å². The van der Waals surface area contributed by atoms with E-state index >= 15 is 0 Å². The van der Waals surface area contributed by atoms with Gasteiger partial charge in [-0.25, -0.2) is 9.37 Å². The monoisotopic (exact) mass is 385 g/mol. The molecular formula is C18H20FN7O2. The molecule has 28 heavy (non-hydrogen) atoms. The lowest BCUT2D eigenvalue weighted by atomic mass is 10.0. The van der Waals surface area contributed by atoms with Gasteiger partial charge in [0.2, 0.25) is 5.82 Å². The maximum Gasteiger partial charge on any atom is 0.273 e. The van der Waals surface area contributed by atoms with Crippen LogP contribution in [0.1, 0.15) is 35.3 Å². The Morgan fingerprint density at radius 3 is 3.00 bits per heavy atom. The Morgan fingerprint density at radius 1 is 1.46 bits per heavy atom. The molecule has 0 saturated carbocycles. The fraction of sp³-hybridized carbons (Fsp3) is 0.389. The van der Waals surface area contributed by atoms with E-state index in [9.17, 15) is 9.18 Å². The number of likely N-dealkylation sites (tertiary alicyclic amines) is 1. The first-order valence-electron chi connectivity index (χ1n) is 9.13. The molecule has 1 fully saturated rings. The topological polar surface area (TPSA) is 113 Å². The van der Waals surface area contributed by atoms with Crippen LogP contribution < -0.4 is 5.32 Å². The van der Waals surface area contributed by atoms with Crippen LogP contribution in [0.15, 0.2) is 28.9 Å². The number of rotatable bonds is 7. The Labute approximate surface area is 160 Å². The first-order valence-corrected chi connectivity index (χ1v) is 9.13. The summed E-state index contributed by atoms with van der Waals surface area (Å²) in [7, 11) is 0. The lowest BCUT2D eigenvalue weighted by molar-refractivity contribution is 0.0722. The van der Waals surface area contributed by atoms with Gasteiger partial charge in [-0.05, 0) is 17.7 Å². The predicted molar refractivity (Wildman–Crippen MR) is 96.6 cm³/mol. The quantitative estimate of drug-likeness (QED) is 0.634. The lowest BCUT2D eigenvalue weighted by Gasteiger charge is -2.41. The highest BCUT2D eigenvalue weighted by atomic mass is 19.1. The second-order valence-electron chi connectivity index (χ2n) is 6.64. The van der Waals surface area contributed by atoms with Gasteiger partial charge in [0, 0.05) is 43.2 Å². The molecule has 146 valence electrons. The number of aromatic nitrogens is 5. The summed E-state index contributed by atoms with van der Waals surface area (Å²) in [6.07, 6.45) is 2.95. The highest BCUT2D eigenvalue weighted by Crippen LogP contribution is 2.24. The average Bonchev–Trinajstić information content (AvgIpc) is 3.37. The van der Waals surface area contributed by atoms with Crippen LogP contribution in [0, 0.1) is 5.82 Å². The molecule has 0 spiro atoms. The van der Waals surface area contributed by atoms with Crippen LogP contribution in [-0.2, 0) is 13.0 Å². The molecule has 0 aliphatic carbocycles. The molecule has 0 radical (unpaired) electrons. The third-order valence-electron chi connectivity index (χ3n) is 4.88. The van der Waals surface area contributed by atoms with Crippen molar-refractivity contribution in [3.63, 3.8) is 0 Å². The second-order valence-corrected chi connectivity index (χ2v) is 6.64. The van der Waals surface area contributed by atoms with Gasteiger partial charge in [-0.1, -0.05) is 19.1 Å². The van der Waals surface area contributed by atoms with Crippen molar-refractivity contribution in [2.75, 3.05) is 13.1 Å². The standard InChI is InChI=1S/C18H20FN7O2/c1-2-16-21-15(10-28-16)18(27)20-8-13-5-6-26(13)9-12-4-3-11(7-14(12)19)17-22-24-25-23-17/h3-4,7,10,13H,2,5-6,8-9H2,1H3,(H,20,27)(H,22,23,24,25)/t13-/m1/s1. The number of hydrogen-bond donors (Lipinski definition) is 2. The highest BCUT2D eigenvalue weighted by Gasteiger charge is 2.29. The molecule has 1 atom stereocenters. The van der Waals surface area contributed by atoms with Gasteiger partial charge in [0.25, 0.3) is 5.91 Å². The Hall–Kier alpha value is -3.14. The smallest absolute Gasteiger partial charge is 0.273 e. The average molecular weight is 385 g/mol. The largest absolute Gasteiger partial charge is 0.448 e. The summed E-state index contributed by atoms with van der Waals surface area (Å²) in [6, 6.07) is 5.08. The first-order chi connectivity index (χ1) is 13.6. The molecule has 9 nitrogen and oxygen atoms in total. The summed E-state index contributed by atoms with van der Waals surface area (Å²) in [4.78, 5) is 18.4. The fourth-order valence-corrected chi connectivity index (χ4v) is 3.13. The summed E-state index contributed by atoms with van der Waals surface area (Å²) in [5, 5.41) is 16.4. The molecule has 2 N–H and O–H groups in total. The van der Waals surface area contributed by atoms with Crippen LogP contribution in [-0.4, -0.2) is 55.5 Å². The number of benzene rings is 1. The zero-order chi connectivity index (χ0) is 19.5. The highest BCUT2D eigenvalue weighted by molar-refractivity contribution is 5.91. The number of oxazole rings is 1. The molecule has 1 aliphatic heterocycles. The number of nitrogens with one attached hydrogen (secondary N) is 2. The molecular weight excluding hydrogens is 365 g/mol. The number of halogens is 1. The molecule has 0 unspecified atom stereocenters. The molecule has 1 amide bonds. The van der Waals surface area contributed by atoms with E-state index in [2.05, 4.69) is 35.8 Å². The number of H-pyrrole nitrogens is 1. The van der Waals surface area contributed by atoms with Gasteiger partial charge in [0.1, 0.15) is 12.1 Å². The number of carbonyl (C=O) groups excluding carboxylic acids is 1. The SMILES string of the molecule is CCc1nc(C(=O)NC[C@H]2CCN2Cc2ccc(-c3nn[nH]n3)cc2F)co1. The van der Waals surface area contributed by atoms with Crippen molar-refractivity contribution >= 4 is 5.91 Å². The van der Waals surface area contributed by atoms with Crippen molar-refractivity contribution in [2.45, 2.75) is 32.4 Å². The summed E-state index contributed by atoms with van der Waals surface area (Å²) < 4.78 is 19.7. The second kappa shape index (κ2) is 7.85. The van der Waals surface area contributed by atoms with Crippen LogP contribution >= 0.6 is 0 Å². The van der Waals surface area contributed by atoms with Gasteiger partial charge in [-0.15, -0.1) is 10.2 Å². The first kappa shape index (κ1) is 18.2. The molecule has 2 aromatic heterocycles. The molecule has 10 heteroatoms. The minimum absolute atomic E-state index is 0.165. The molecule has 4 rings (SSSR count). The summed E-state index contributed by atoms with van der Waals surface area (Å²) in [6.45, 7) is 3.72. The van der Waals surface area contributed by atoms with Crippen molar-refractivity contribution in [3.05, 3.63) is 47.4 Å². The van der Waals surface area contributed by atoms with Gasteiger partial charge in [0.05, 0.1) is 0 Å². The van der Waals surface area contributed by atoms with E-state index in [0.29, 0.717) is 42.4 Å². The number of aryl methyl sites for hydroxylation is 1. The van der Waals surface area contributed by atoms with Crippen LogP contribution in [0.4, 0.5) is 4.39 Å². The van der Waals surface area contributed by atoms with Crippen molar-refractivity contribution in [2.24, 2.45) is 0 Å². The van der Waals surface area contributed by atoms with Gasteiger partial charge in [0.15, 0.2) is 11.6 Å². The Kier molecular flexibility index (Phi) is 5.11. The van der Waals surface area contributed by atoms with Gasteiger partial charge < -0.3 is 9.73 Å². The molecule has 1 saturated heterocycles. The van der Waals surface area contributed by atoms with E-state index in [1.165, 1.54) is 12.3 Å². The van der Waals surface area contributed by atoms with Crippen molar-refractivity contribution in [1.82, 2.24) is 35.8 Å². The van der Waals surface area contributed by atoms with Crippen LogP contribution in [0.2, 0.25) is 0 Å². The Balaban J connectivity index is 1.32. The van der Waals surface area contributed by atoms with Crippen LogP contribution in [0.3, 0.4) is 0 Å². The molecule has 1 aliphatic rings. The Morgan fingerprint density at radius 2 is 2.36 bits per heavy atom. The fourth-order valence-electron chi connectivity index (χ4n) is 3.13. The minimum Gasteiger partial charge on any atom is -0.448 e. The van der Waals surface area contributed by atoms with E-state index < -0.39 is 0 Å². The van der Waals surface area contributed by atoms with Gasteiger partial charge >= 0.3 is 0 Å². The van der Waals surface area contributed by atoms with Crippen LogP contribution in [0.25, 0.3) is 11.4 Å². The number of tetrazole rings is 1. The summed E-state index contributed by atoms with van der Waals surface area (Å²) >= 11 is 0. The number of nitrogens with zero attached hydrogens (tertiary/aromatic N) is 5. The zero-order valence-corrected chi connectivity index (χ0v) is 15.4. The molecule has 3 aromatic rings. The minimum atomic E-state index is -0.313. The van der Waals surface area contributed by atoms with Crippen molar-refractivity contribution in [3.8, 4) is 11.4 Å². The van der Waals surface area contributed by atoms with E-state index in [1.54, 1.807) is 12.1 Å². The molecule has 1 aromatic carbocycles. The zero-order valence-electron chi connectivity index (χ0n) is 15.4. The predicted octanol–water partition coefficient (Wildman–Crippen LogP) is 1.56. The van der Waals surface area contributed by atoms with Crippen LogP contribution in [0.5, 0.6) is 0 Å². The normalized spacial score (nSPS) is 16.7. The third-order valence-corrected chi connectivity index (χ3v) is 4.88. The van der Waals surface area contributed by atoms with E-state index in [-0.39, 0.29) is 23.5 Å². The maximum atomic E-state index is 14.5. The molecule has 0 bridgehead atoms. The summed E-state index contributed by atoms with van der Waals surface area (Å²) in [5.74, 6) is 0.321. The van der Waals surface area contributed by atoms with E-state index in [1.807, 2.05) is 6.92 Å². The third kappa shape index (κ3) is 3.77. The molecule has 3 heterocycles. The number of carbonyl (C=O) groups is 1. The van der Waals surface area contributed by atoms with E-state index in [0.717, 1.165) is 13.0 Å². The number of hydrogen-bond acceptors (Lipinski definition) is 7. The summed E-state index contributed by atoms with van der Waals surface area (Å²) in [5.41, 5.74) is 1.44. The maximum absolute atomic E-state index is 14.5. The van der Waals surface area contributed by atoms with E-state index in [4.69, 9.17) is 4.42 Å². The van der Waals surface area contributed by atoms with Gasteiger partial charge in [-0.3, -0.25) is 9.69 Å². The van der Waals surface area contributed by atoms with Crippen molar-refractivity contribution in [1.29, 1.82) is 0 Å². The van der Waals surface area contributed by atoms with Gasteiger partial charge in [-0.2, -0.15) is 5.21 Å². The lowest BCUT2D eigenvalue weighted by Crippen LogP contribution is -2.52. The number of amides is 1.